The molecular weight excluding hydrogens is 340 g/mol. The largest absolute Gasteiger partial charge is 0.345 e. The van der Waals surface area contributed by atoms with E-state index in [1.165, 1.54) is 0 Å². The summed E-state index contributed by atoms with van der Waals surface area (Å²) in [6.45, 7) is 11.1. The Labute approximate surface area is 163 Å². The number of carbonyl (C=O) groups is 2. The minimum atomic E-state index is 0.0243. The third kappa shape index (κ3) is 6.63. The lowest BCUT2D eigenvalue weighted by molar-refractivity contribution is -0.131. The van der Waals surface area contributed by atoms with Gasteiger partial charge in [-0.05, 0) is 31.4 Å². The molecule has 0 spiro atoms. The topological polar surface area (TPSA) is 55.9 Å². The molecule has 1 heterocycles. The number of unbranched alkanes of at least 4 members (excludes halogenated alkanes) is 1. The van der Waals surface area contributed by atoms with Crippen molar-refractivity contribution in [1.29, 1.82) is 0 Å². The van der Waals surface area contributed by atoms with E-state index in [2.05, 4.69) is 22.0 Å². The fourth-order valence-electron chi connectivity index (χ4n) is 3.33. The highest BCUT2D eigenvalue weighted by Crippen LogP contribution is 2.19. The van der Waals surface area contributed by atoms with Crippen LogP contribution in [0.1, 0.15) is 30.9 Å². The Kier molecular flexibility index (Phi) is 8.25. The van der Waals surface area contributed by atoms with Crippen LogP contribution in [0.3, 0.4) is 0 Å². The van der Waals surface area contributed by atoms with E-state index >= 15 is 0 Å². The average Bonchev–Trinajstić information content (AvgIpc) is 2.64. The zero-order valence-electron chi connectivity index (χ0n) is 17.3. The van der Waals surface area contributed by atoms with Gasteiger partial charge in [0.05, 0.1) is 13.1 Å². The van der Waals surface area contributed by atoms with Crippen LogP contribution in [-0.2, 0) is 9.59 Å². The second-order valence-electron chi connectivity index (χ2n) is 7.54. The molecule has 2 amide bonds. The van der Waals surface area contributed by atoms with Crippen LogP contribution in [0.25, 0.3) is 0 Å². The van der Waals surface area contributed by atoms with Crippen LogP contribution in [0.2, 0.25) is 0 Å². The second kappa shape index (κ2) is 10.4. The first kappa shape index (κ1) is 21.4. The van der Waals surface area contributed by atoms with E-state index in [0.717, 1.165) is 62.4 Å². The maximum absolute atomic E-state index is 12.4. The van der Waals surface area contributed by atoms with Crippen LogP contribution in [0.4, 0.5) is 5.69 Å². The van der Waals surface area contributed by atoms with Gasteiger partial charge in [0.15, 0.2) is 0 Å². The first-order valence-electron chi connectivity index (χ1n) is 9.95. The SMILES string of the molecule is CCCCN(C)C(=O)CN1CCN(CC(=O)Nc2c(C)cccc2C)CC1. The molecule has 1 fully saturated rings. The van der Waals surface area contributed by atoms with Crippen LogP contribution in [0.15, 0.2) is 18.2 Å². The van der Waals surface area contributed by atoms with Crippen molar-refractivity contribution in [3.05, 3.63) is 29.3 Å². The van der Waals surface area contributed by atoms with Gasteiger partial charge in [0, 0.05) is 45.5 Å². The van der Waals surface area contributed by atoms with Crippen molar-refractivity contribution in [3.8, 4) is 0 Å². The summed E-state index contributed by atoms with van der Waals surface area (Å²) in [6.07, 6.45) is 2.14. The highest BCUT2D eigenvalue weighted by atomic mass is 16.2. The Hall–Kier alpha value is -1.92. The predicted octanol–water partition coefficient (Wildman–Crippen LogP) is 2.12. The van der Waals surface area contributed by atoms with E-state index < -0.39 is 0 Å². The number of hydrogen-bond acceptors (Lipinski definition) is 4. The number of likely N-dealkylation sites (N-methyl/N-ethyl adjacent to an activating group) is 1. The number of benzene rings is 1. The molecule has 0 saturated carbocycles. The number of anilines is 1. The molecule has 0 radical (unpaired) electrons. The van der Waals surface area contributed by atoms with Crippen molar-refractivity contribution in [2.45, 2.75) is 33.6 Å². The maximum atomic E-state index is 12.4. The number of hydrogen-bond donors (Lipinski definition) is 1. The van der Waals surface area contributed by atoms with E-state index in [1.54, 1.807) is 0 Å². The Morgan fingerprint density at radius 2 is 1.59 bits per heavy atom. The minimum Gasteiger partial charge on any atom is -0.345 e. The summed E-state index contributed by atoms with van der Waals surface area (Å²) in [6, 6.07) is 6.02. The van der Waals surface area contributed by atoms with Crippen LogP contribution >= 0.6 is 0 Å². The number of nitrogens with zero attached hydrogens (tertiary/aromatic N) is 3. The number of amides is 2. The third-order valence-electron chi connectivity index (χ3n) is 5.21. The van der Waals surface area contributed by atoms with Crippen molar-refractivity contribution < 1.29 is 9.59 Å². The average molecular weight is 375 g/mol. The fourth-order valence-corrected chi connectivity index (χ4v) is 3.33. The van der Waals surface area contributed by atoms with E-state index in [9.17, 15) is 9.59 Å². The van der Waals surface area contributed by atoms with Crippen molar-refractivity contribution >= 4 is 17.5 Å². The summed E-state index contributed by atoms with van der Waals surface area (Å²) in [5.74, 6) is 0.209. The monoisotopic (exact) mass is 374 g/mol. The number of nitrogens with one attached hydrogen (secondary N) is 1. The fraction of sp³-hybridized carbons (Fsp3) is 0.619. The molecule has 1 saturated heterocycles. The van der Waals surface area contributed by atoms with Crippen molar-refractivity contribution in [1.82, 2.24) is 14.7 Å². The lowest BCUT2D eigenvalue weighted by atomic mass is 10.1. The summed E-state index contributed by atoms with van der Waals surface area (Å²) in [7, 11) is 1.88. The van der Waals surface area contributed by atoms with Crippen LogP contribution < -0.4 is 5.32 Å². The first-order valence-corrected chi connectivity index (χ1v) is 9.95. The van der Waals surface area contributed by atoms with E-state index in [1.807, 2.05) is 44.0 Å². The molecule has 1 N–H and O–H groups in total. The van der Waals surface area contributed by atoms with Crippen molar-refractivity contribution in [2.75, 3.05) is 58.2 Å². The van der Waals surface area contributed by atoms with Crippen LogP contribution in [0, 0.1) is 13.8 Å². The molecule has 0 atom stereocenters. The molecule has 1 aliphatic heterocycles. The Morgan fingerprint density at radius 1 is 1.04 bits per heavy atom. The van der Waals surface area contributed by atoms with Crippen molar-refractivity contribution in [2.24, 2.45) is 0 Å². The molecule has 6 nitrogen and oxygen atoms in total. The molecule has 27 heavy (non-hydrogen) atoms. The zero-order valence-corrected chi connectivity index (χ0v) is 17.3. The maximum Gasteiger partial charge on any atom is 0.238 e. The number of para-hydroxylation sites is 1. The van der Waals surface area contributed by atoms with Gasteiger partial charge in [-0.15, -0.1) is 0 Å². The second-order valence-corrected chi connectivity index (χ2v) is 7.54. The Bertz CT molecular complexity index is 619. The smallest absolute Gasteiger partial charge is 0.238 e. The van der Waals surface area contributed by atoms with Gasteiger partial charge in [0.1, 0.15) is 0 Å². The van der Waals surface area contributed by atoms with Gasteiger partial charge in [-0.3, -0.25) is 19.4 Å². The Balaban J connectivity index is 1.74. The molecule has 0 aliphatic carbocycles. The van der Waals surface area contributed by atoms with Gasteiger partial charge in [-0.1, -0.05) is 31.5 Å². The van der Waals surface area contributed by atoms with Gasteiger partial charge in [0.2, 0.25) is 11.8 Å². The molecule has 150 valence electrons. The number of rotatable bonds is 8. The normalized spacial score (nSPS) is 15.6. The minimum absolute atomic E-state index is 0.0243. The number of carbonyl (C=O) groups excluding carboxylic acids is 2. The molecule has 0 aromatic heterocycles. The standard InChI is InChI=1S/C21H34N4O2/c1-5-6-10-23(4)20(27)16-25-13-11-24(12-14-25)15-19(26)22-21-17(2)8-7-9-18(21)3/h7-9H,5-6,10-16H2,1-4H3,(H,22,26). The first-order chi connectivity index (χ1) is 12.9. The molecule has 1 aromatic carbocycles. The zero-order chi connectivity index (χ0) is 19.8. The summed E-state index contributed by atoms with van der Waals surface area (Å²) >= 11 is 0. The summed E-state index contributed by atoms with van der Waals surface area (Å²) in [5.41, 5.74) is 3.08. The Morgan fingerprint density at radius 3 is 2.15 bits per heavy atom. The van der Waals surface area contributed by atoms with Gasteiger partial charge >= 0.3 is 0 Å². The number of piperazine rings is 1. The van der Waals surface area contributed by atoms with E-state index in [-0.39, 0.29) is 11.8 Å². The highest BCUT2D eigenvalue weighted by molar-refractivity contribution is 5.93. The van der Waals surface area contributed by atoms with Gasteiger partial charge in [-0.2, -0.15) is 0 Å². The quantitative estimate of drug-likeness (QED) is 0.757. The molecular formula is C21H34N4O2. The lowest BCUT2D eigenvalue weighted by Gasteiger charge is -2.34. The molecule has 1 aliphatic rings. The van der Waals surface area contributed by atoms with E-state index in [0.29, 0.717) is 13.1 Å². The van der Waals surface area contributed by atoms with Crippen molar-refractivity contribution in [3.63, 3.8) is 0 Å². The molecule has 2 rings (SSSR count). The molecule has 0 bridgehead atoms. The molecule has 1 aromatic rings. The predicted molar refractivity (Wildman–Crippen MR) is 110 cm³/mol. The summed E-state index contributed by atoms with van der Waals surface area (Å²) in [5, 5.41) is 3.05. The third-order valence-corrected chi connectivity index (χ3v) is 5.21. The van der Waals surface area contributed by atoms with Gasteiger partial charge in [0.25, 0.3) is 0 Å². The number of aryl methyl sites for hydroxylation is 2. The van der Waals surface area contributed by atoms with Gasteiger partial charge < -0.3 is 10.2 Å². The summed E-state index contributed by atoms with van der Waals surface area (Å²) < 4.78 is 0. The molecule has 6 heteroatoms. The summed E-state index contributed by atoms with van der Waals surface area (Å²) in [4.78, 5) is 30.8. The highest BCUT2D eigenvalue weighted by Gasteiger charge is 2.22. The van der Waals surface area contributed by atoms with Gasteiger partial charge in [-0.25, -0.2) is 0 Å². The van der Waals surface area contributed by atoms with E-state index in [4.69, 9.17) is 0 Å². The molecule has 0 unspecified atom stereocenters. The van der Waals surface area contributed by atoms with Crippen LogP contribution in [0.5, 0.6) is 0 Å². The lowest BCUT2D eigenvalue weighted by Crippen LogP contribution is -2.51. The van der Waals surface area contributed by atoms with Crippen LogP contribution in [-0.4, -0.2) is 79.4 Å².